The lowest BCUT2D eigenvalue weighted by Gasteiger charge is -2.33. The number of likely N-dealkylation sites (N-methyl/N-ethyl adjacent to an activating group) is 1. The van der Waals surface area contributed by atoms with Gasteiger partial charge in [-0.25, -0.2) is 4.79 Å². The Morgan fingerprint density at radius 3 is 2.30 bits per heavy atom. The lowest BCUT2D eigenvalue weighted by molar-refractivity contribution is 0.0470. The Bertz CT molecular complexity index is 1370. The maximum Gasteiger partial charge on any atom is 0.407 e. The highest BCUT2D eigenvalue weighted by Gasteiger charge is 2.35. The molecule has 0 atom stereocenters. The van der Waals surface area contributed by atoms with Gasteiger partial charge < -0.3 is 25.0 Å². The van der Waals surface area contributed by atoms with Crippen molar-refractivity contribution < 1.29 is 23.9 Å². The van der Waals surface area contributed by atoms with Crippen LogP contribution in [-0.2, 0) is 4.74 Å². The SMILES string of the molecule is C=C(NC=NC)c1ccc(OC2CCC(NC(=O)OC(C)(C)C)CC2)c(N(C)CCN2C(=O)c3ccccc3C2=O)c1C. The second kappa shape index (κ2) is 13.3. The first-order chi connectivity index (χ1) is 20.4. The Balaban J connectivity index is 1.48. The third kappa shape index (κ3) is 7.55. The molecule has 0 aromatic heterocycles. The number of hydrogen-bond acceptors (Lipinski definition) is 7. The van der Waals surface area contributed by atoms with E-state index in [0.29, 0.717) is 29.1 Å². The molecule has 2 aromatic rings. The first-order valence-corrected chi connectivity index (χ1v) is 14.7. The van der Waals surface area contributed by atoms with Crippen molar-refractivity contribution in [2.45, 2.75) is 71.1 Å². The maximum absolute atomic E-state index is 13.0. The number of carbonyl (C=O) groups excluding carboxylic acids is 3. The maximum atomic E-state index is 13.0. The number of nitrogens with zero attached hydrogens (tertiary/aromatic N) is 3. The fraction of sp³-hybridized carbons (Fsp3) is 0.455. The van der Waals surface area contributed by atoms with E-state index in [1.807, 2.05) is 51.8 Å². The van der Waals surface area contributed by atoms with Crippen LogP contribution in [0.1, 0.15) is 78.3 Å². The van der Waals surface area contributed by atoms with Gasteiger partial charge in [-0.15, -0.1) is 0 Å². The molecule has 3 amide bonds. The lowest BCUT2D eigenvalue weighted by Crippen LogP contribution is -2.42. The third-order valence-corrected chi connectivity index (χ3v) is 7.69. The third-order valence-electron chi connectivity index (χ3n) is 7.69. The van der Waals surface area contributed by atoms with Crippen molar-refractivity contribution in [1.82, 2.24) is 15.5 Å². The van der Waals surface area contributed by atoms with E-state index in [9.17, 15) is 14.4 Å². The highest BCUT2D eigenvalue weighted by Crippen LogP contribution is 2.38. The summed E-state index contributed by atoms with van der Waals surface area (Å²) in [4.78, 5) is 45.5. The molecule has 1 heterocycles. The number of rotatable bonds is 10. The molecule has 1 aliphatic carbocycles. The van der Waals surface area contributed by atoms with Crippen LogP contribution in [0.3, 0.4) is 0 Å². The van der Waals surface area contributed by atoms with Gasteiger partial charge in [0.1, 0.15) is 11.4 Å². The number of carbonyl (C=O) groups is 3. The number of anilines is 1. The summed E-state index contributed by atoms with van der Waals surface area (Å²) in [6.45, 7) is 12.4. The smallest absolute Gasteiger partial charge is 0.407 e. The molecular formula is C33H43N5O5. The standard InChI is InChI=1S/C33H43N5O5/c1-21-25(22(2)35-20-34-6)16-17-28(42-24-14-12-23(13-15-24)36-32(41)43-33(3,4)5)29(21)37(7)18-19-38-30(39)26-10-8-9-11-27(26)31(38)40/h8-11,16-17,20,23-24H,2,12-15,18-19H2,1,3-7H3,(H,34,35)(H,36,41). The van der Waals surface area contributed by atoms with Gasteiger partial charge in [0.15, 0.2) is 0 Å². The number of hydrogen-bond donors (Lipinski definition) is 2. The Hall–Kier alpha value is -4.34. The fourth-order valence-corrected chi connectivity index (χ4v) is 5.57. The highest BCUT2D eigenvalue weighted by molar-refractivity contribution is 6.21. The summed E-state index contributed by atoms with van der Waals surface area (Å²) in [6, 6.07) is 10.9. The molecule has 10 nitrogen and oxygen atoms in total. The molecule has 1 fully saturated rings. The molecule has 2 N–H and O–H groups in total. The summed E-state index contributed by atoms with van der Waals surface area (Å²) in [6.07, 6.45) is 4.28. The molecule has 1 aliphatic heterocycles. The number of alkyl carbamates (subject to hydrolysis) is 1. The molecule has 0 bridgehead atoms. The molecule has 10 heteroatoms. The van der Waals surface area contributed by atoms with Crippen molar-refractivity contribution in [3.05, 3.63) is 65.2 Å². The van der Waals surface area contributed by atoms with Crippen LogP contribution in [-0.4, -0.2) is 74.1 Å². The Morgan fingerprint density at radius 1 is 1.09 bits per heavy atom. The first kappa shape index (κ1) is 31.6. The van der Waals surface area contributed by atoms with Crippen molar-refractivity contribution >= 4 is 35.6 Å². The molecule has 0 spiro atoms. The zero-order valence-electron chi connectivity index (χ0n) is 26.0. The predicted octanol–water partition coefficient (Wildman–Crippen LogP) is 5.16. The van der Waals surface area contributed by atoms with Gasteiger partial charge in [0, 0.05) is 44.5 Å². The summed E-state index contributed by atoms with van der Waals surface area (Å²) < 4.78 is 12.0. The van der Waals surface area contributed by atoms with E-state index in [-0.39, 0.29) is 30.5 Å². The predicted molar refractivity (Wildman–Crippen MR) is 169 cm³/mol. The van der Waals surface area contributed by atoms with E-state index in [4.69, 9.17) is 9.47 Å². The van der Waals surface area contributed by atoms with Crippen LogP contribution < -0.4 is 20.3 Å². The fourth-order valence-electron chi connectivity index (χ4n) is 5.57. The van der Waals surface area contributed by atoms with E-state index in [1.54, 1.807) is 37.7 Å². The largest absolute Gasteiger partial charge is 0.488 e. The second-order valence-electron chi connectivity index (χ2n) is 12.1. The van der Waals surface area contributed by atoms with E-state index in [2.05, 4.69) is 22.2 Å². The van der Waals surface area contributed by atoms with Crippen LogP contribution in [0.5, 0.6) is 5.75 Å². The number of ether oxygens (including phenoxy) is 2. The van der Waals surface area contributed by atoms with Gasteiger partial charge in [-0.05, 0) is 83.2 Å². The van der Waals surface area contributed by atoms with Crippen LogP contribution in [0.15, 0.2) is 48.0 Å². The molecule has 43 heavy (non-hydrogen) atoms. The summed E-state index contributed by atoms with van der Waals surface area (Å²) >= 11 is 0. The summed E-state index contributed by atoms with van der Waals surface area (Å²) in [5, 5.41) is 6.08. The van der Waals surface area contributed by atoms with Gasteiger partial charge in [-0.1, -0.05) is 18.7 Å². The van der Waals surface area contributed by atoms with E-state index < -0.39 is 11.7 Å². The van der Waals surface area contributed by atoms with Gasteiger partial charge in [0.25, 0.3) is 11.8 Å². The number of benzene rings is 2. The zero-order chi connectivity index (χ0) is 31.3. The molecule has 0 unspecified atom stereocenters. The average molecular weight is 590 g/mol. The van der Waals surface area contributed by atoms with Gasteiger partial charge in [0.05, 0.1) is 29.3 Å². The van der Waals surface area contributed by atoms with Gasteiger partial charge in [-0.2, -0.15) is 0 Å². The Morgan fingerprint density at radius 2 is 1.72 bits per heavy atom. The van der Waals surface area contributed by atoms with E-state index >= 15 is 0 Å². The van der Waals surface area contributed by atoms with Crippen molar-refractivity contribution in [3.8, 4) is 5.75 Å². The topological polar surface area (TPSA) is 113 Å². The quantitative estimate of drug-likeness (QED) is 0.224. The molecule has 230 valence electrons. The van der Waals surface area contributed by atoms with E-state index in [1.165, 1.54) is 4.90 Å². The number of amides is 3. The molecule has 0 radical (unpaired) electrons. The molecule has 4 rings (SSSR count). The lowest BCUT2D eigenvalue weighted by atomic mass is 9.93. The summed E-state index contributed by atoms with van der Waals surface area (Å²) in [7, 11) is 3.61. The summed E-state index contributed by atoms with van der Waals surface area (Å²) in [5.74, 6) is 0.167. The van der Waals surface area contributed by atoms with Crippen molar-refractivity contribution in [2.24, 2.45) is 4.99 Å². The number of imide groups is 1. The second-order valence-corrected chi connectivity index (χ2v) is 12.1. The van der Waals surface area contributed by atoms with Gasteiger partial charge >= 0.3 is 6.09 Å². The molecular weight excluding hydrogens is 546 g/mol. The van der Waals surface area contributed by atoms with Crippen LogP contribution >= 0.6 is 0 Å². The number of fused-ring (bicyclic) bond motifs is 1. The van der Waals surface area contributed by atoms with Crippen LogP contribution in [0.25, 0.3) is 5.70 Å². The van der Waals surface area contributed by atoms with Crippen LogP contribution in [0, 0.1) is 6.92 Å². The Kier molecular flexibility index (Phi) is 9.78. The zero-order valence-corrected chi connectivity index (χ0v) is 26.0. The van der Waals surface area contributed by atoms with Crippen LogP contribution in [0.2, 0.25) is 0 Å². The minimum absolute atomic E-state index is 0.0288. The molecule has 1 saturated carbocycles. The van der Waals surface area contributed by atoms with Crippen LogP contribution in [0.4, 0.5) is 10.5 Å². The van der Waals surface area contributed by atoms with Gasteiger partial charge in [-0.3, -0.25) is 19.5 Å². The van der Waals surface area contributed by atoms with Crippen molar-refractivity contribution in [2.75, 3.05) is 32.1 Å². The average Bonchev–Trinajstić information content (AvgIpc) is 3.19. The highest BCUT2D eigenvalue weighted by atomic mass is 16.6. The molecule has 2 aliphatic rings. The molecule has 2 aromatic carbocycles. The monoisotopic (exact) mass is 589 g/mol. The number of aliphatic imine (C=N–C) groups is 1. The van der Waals surface area contributed by atoms with E-state index in [0.717, 1.165) is 42.5 Å². The minimum atomic E-state index is -0.541. The van der Waals surface area contributed by atoms with Crippen molar-refractivity contribution in [1.29, 1.82) is 0 Å². The minimum Gasteiger partial charge on any atom is -0.488 e. The van der Waals surface area contributed by atoms with Gasteiger partial charge in [0.2, 0.25) is 0 Å². The normalized spacial score (nSPS) is 18.4. The summed E-state index contributed by atoms with van der Waals surface area (Å²) in [5.41, 5.74) is 3.74. The first-order valence-electron chi connectivity index (χ1n) is 14.7. The van der Waals surface area contributed by atoms with Crippen molar-refractivity contribution in [3.63, 3.8) is 0 Å². The Labute approximate surface area is 254 Å². The molecule has 0 saturated heterocycles. The number of nitrogens with one attached hydrogen (secondary N) is 2.